The number of aryl methyl sites for hydroxylation is 2. The normalized spacial score (nSPS) is 15.8. The molecule has 3 aromatic rings. The van der Waals surface area contributed by atoms with Crippen LogP contribution in [0.4, 0.5) is 10.8 Å². The van der Waals surface area contributed by atoms with Gasteiger partial charge in [-0.2, -0.15) is 4.37 Å². The Balaban J connectivity index is 1.61. The van der Waals surface area contributed by atoms with Crippen LogP contribution >= 0.6 is 11.5 Å². The summed E-state index contributed by atoms with van der Waals surface area (Å²) < 4.78 is 4.32. The number of anilines is 2. The number of benzene rings is 1. The minimum absolute atomic E-state index is 0.867. The lowest BCUT2D eigenvalue weighted by atomic mass is 10.1. The quantitative estimate of drug-likeness (QED) is 0.716. The standard InChI is InChI=1S/C18H21N5S/c1-13-5-3-6-15-16(7-8-19-17(13)15)22-9-4-10-23(12-11-22)18-20-14(2)21-24-18/h3,5-8H,4,9-12H2,1-2H3. The summed E-state index contributed by atoms with van der Waals surface area (Å²) in [7, 11) is 0. The van der Waals surface area contributed by atoms with Gasteiger partial charge in [-0.3, -0.25) is 4.98 Å². The largest absolute Gasteiger partial charge is 0.369 e. The molecule has 4 rings (SSSR count). The highest BCUT2D eigenvalue weighted by atomic mass is 32.1. The molecule has 3 heterocycles. The maximum absolute atomic E-state index is 4.57. The summed E-state index contributed by atoms with van der Waals surface area (Å²) >= 11 is 1.50. The molecule has 6 heteroatoms. The van der Waals surface area contributed by atoms with E-state index in [2.05, 4.69) is 55.3 Å². The van der Waals surface area contributed by atoms with Crippen molar-refractivity contribution in [2.75, 3.05) is 36.0 Å². The highest BCUT2D eigenvalue weighted by Gasteiger charge is 2.19. The Morgan fingerprint density at radius 3 is 2.67 bits per heavy atom. The average molecular weight is 339 g/mol. The minimum Gasteiger partial charge on any atom is -0.369 e. The lowest BCUT2D eigenvalue weighted by Crippen LogP contribution is -2.30. The Morgan fingerprint density at radius 1 is 1.00 bits per heavy atom. The minimum atomic E-state index is 0.867. The second kappa shape index (κ2) is 6.36. The zero-order valence-electron chi connectivity index (χ0n) is 14.1. The van der Waals surface area contributed by atoms with E-state index in [9.17, 15) is 0 Å². The van der Waals surface area contributed by atoms with E-state index in [0.29, 0.717) is 0 Å². The number of nitrogens with zero attached hydrogens (tertiary/aromatic N) is 5. The molecule has 1 aliphatic rings. The average Bonchev–Trinajstić information content (AvgIpc) is 2.88. The number of hydrogen-bond acceptors (Lipinski definition) is 6. The highest BCUT2D eigenvalue weighted by Crippen LogP contribution is 2.28. The molecular weight excluding hydrogens is 318 g/mol. The monoisotopic (exact) mass is 339 g/mol. The van der Waals surface area contributed by atoms with Crippen molar-refractivity contribution in [1.29, 1.82) is 0 Å². The van der Waals surface area contributed by atoms with Crippen LogP contribution in [0.1, 0.15) is 17.8 Å². The zero-order chi connectivity index (χ0) is 16.5. The van der Waals surface area contributed by atoms with Crippen LogP contribution in [0, 0.1) is 13.8 Å². The number of hydrogen-bond donors (Lipinski definition) is 0. The first-order valence-electron chi connectivity index (χ1n) is 8.37. The topological polar surface area (TPSA) is 45.2 Å². The van der Waals surface area contributed by atoms with Crippen LogP contribution in [0.25, 0.3) is 10.9 Å². The molecule has 1 fully saturated rings. The number of rotatable bonds is 2. The fraction of sp³-hybridized carbons (Fsp3) is 0.389. The van der Waals surface area contributed by atoms with Gasteiger partial charge in [-0.05, 0) is 31.9 Å². The summed E-state index contributed by atoms with van der Waals surface area (Å²) in [6.07, 6.45) is 3.05. The van der Waals surface area contributed by atoms with Gasteiger partial charge < -0.3 is 9.80 Å². The third kappa shape index (κ3) is 2.82. The molecule has 0 saturated carbocycles. The van der Waals surface area contributed by atoms with Crippen molar-refractivity contribution >= 4 is 33.3 Å². The van der Waals surface area contributed by atoms with Gasteiger partial charge >= 0.3 is 0 Å². The van der Waals surface area contributed by atoms with Gasteiger partial charge in [0.15, 0.2) is 0 Å². The van der Waals surface area contributed by atoms with Crippen LogP contribution < -0.4 is 9.80 Å². The van der Waals surface area contributed by atoms with Crippen molar-refractivity contribution in [3.05, 3.63) is 41.9 Å². The van der Waals surface area contributed by atoms with Crippen LogP contribution in [0.3, 0.4) is 0 Å². The third-order valence-electron chi connectivity index (χ3n) is 4.57. The van der Waals surface area contributed by atoms with Crippen molar-refractivity contribution in [2.24, 2.45) is 0 Å². The van der Waals surface area contributed by atoms with E-state index in [4.69, 9.17) is 0 Å². The van der Waals surface area contributed by atoms with Crippen LogP contribution in [-0.2, 0) is 0 Å². The molecule has 124 valence electrons. The highest BCUT2D eigenvalue weighted by molar-refractivity contribution is 7.09. The first-order valence-corrected chi connectivity index (χ1v) is 9.14. The lowest BCUT2D eigenvalue weighted by Gasteiger charge is -2.24. The fourth-order valence-electron chi connectivity index (χ4n) is 3.35. The fourth-order valence-corrected chi connectivity index (χ4v) is 4.07. The number of aromatic nitrogens is 3. The second-order valence-corrected chi connectivity index (χ2v) is 6.98. The Labute approximate surface area is 146 Å². The molecule has 0 spiro atoms. The SMILES string of the molecule is Cc1nsc(N2CCCN(c3ccnc4c(C)cccc34)CC2)n1. The van der Waals surface area contributed by atoms with Crippen LogP contribution in [0.15, 0.2) is 30.5 Å². The van der Waals surface area contributed by atoms with E-state index < -0.39 is 0 Å². The van der Waals surface area contributed by atoms with Gasteiger partial charge in [0.05, 0.1) is 5.52 Å². The summed E-state index contributed by atoms with van der Waals surface area (Å²) in [6, 6.07) is 8.58. The van der Waals surface area contributed by atoms with E-state index in [1.54, 1.807) is 0 Å². The van der Waals surface area contributed by atoms with Crippen molar-refractivity contribution < 1.29 is 0 Å². The molecule has 0 amide bonds. The molecule has 2 aromatic heterocycles. The summed E-state index contributed by atoms with van der Waals surface area (Å²) in [6.45, 7) is 8.14. The summed E-state index contributed by atoms with van der Waals surface area (Å²) in [5.41, 5.74) is 3.63. The van der Waals surface area contributed by atoms with Gasteiger partial charge in [-0.1, -0.05) is 18.2 Å². The van der Waals surface area contributed by atoms with E-state index in [1.165, 1.54) is 28.2 Å². The molecule has 0 atom stereocenters. The van der Waals surface area contributed by atoms with Crippen molar-refractivity contribution in [3.8, 4) is 0 Å². The molecule has 0 unspecified atom stereocenters. The molecular formula is C18H21N5S. The molecule has 5 nitrogen and oxygen atoms in total. The van der Waals surface area contributed by atoms with Crippen molar-refractivity contribution in [3.63, 3.8) is 0 Å². The number of para-hydroxylation sites is 1. The Morgan fingerprint density at radius 2 is 1.83 bits per heavy atom. The van der Waals surface area contributed by atoms with Gasteiger partial charge in [0.25, 0.3) is 0 Å². The van der Waals surface area contributed by atoms with Gasteiger partial charge in [0.2, 0.25) is 5.13 Å². The Bertz CT molecular complexity index is 859. The molecule has 0 N–H and O–H groups in total. The van der Waals surface area contributed by atoms with Crippen LogP contribution in [0.2, 0.25) is 0 Å². The Kier molecular flexibility index (Phi) is 4.06. The van der Waals surface area contributed by atoms with Crippen molar-refractivity contribution in [2.45, 2.75) is 20.3 Å². The summed E-state index contributed by atoms with van der Waals surface area (Å²) in [5, 5.41) is 2.29. The third-order valence-corrected chi connectivity index (χ3v) is 5.44. The number of fused-ring (bicyclic) bond motifs is 1. The number of pyridine rings is 1. The molecule has 0 radical (unpaired) electrons. The predicted molar refractivity (Wildman–Crippen MR) is 100 cm³/mol. The maximum atomic E-state index is 4.57. The molecule has 1 saturated heterocycles. The molecule has 24 heavy (non-hydrogen) atoms. The predicted octanol–water partition coefficient (Wildman–Crippen LogP) is 3.42. The van der Waals surface area contributed by atoms with E-state index in [1.807, 2.05) is 13.1 Å². The maximum Gasteiger partial charge on any atom is 0.205 e. The molecule has 1 aliphatic heterocycles. The van der Waals surface area contributed by atoms with E-state index >= 15 is 0 Å². The van der Waals surface area contributed by atoms with E-state index in [0.717, 1.165) is 49.1 Å². The van der Waals surface area contributed by atoms with Gasteiger partial charge in [0.1, 0.15) is 5.82 Å². The van der Waals surface area contributed by atoms with Gasteiger partial charge in [0, 0.05) is 55.0 Å². The molecule has 0 aliphatic carbocycles. The van der Waals surface area contributed by atoms with Crippen LogP contribution in [-0.4, -0.2) is 40.5 Å². The summed E-state index contributed by atoms with van der Waals surface area (Å²) in [4.78, 5) is 14.0. The Hall–Kier alpha value is -2.21. The summed E-state index contributed by atoms with van der Waals surface area (Å²) in [5.74, 6) is 0.867. The zero-order valence-corrected chi connectivity index (χ0v) is 14.9. The van der Waals surface area contributed by atoms with Gasteiger partial charge in [-0.15, -0.1) is 0 Å². The molecule has 1 aromatic carbocycles. The second-order valence-electron chi connectivity index (χ2n) is 6.25. The first-order chi connectivity index (χ1) is 11.7. The lowest BCUT2D eigenvalue weighted by molar-refractivity contribution is 0.804. The smallest absolute Gasteiger partial charge is 0.205 e. The molecule has 0 bridgehead atoms. The van der Waals surface area contributed by atoms with Crippen molar-refractivity contribution in [1.82, 2.24) is 14.3 Å². The van der Waals surface area contributed by atoms with E-state index in [-0.39, 0.29) is 0 Å². The van der Waals surface area contributed by atoms with Crippen LogP contribution in [0.5, 0.6) is 0 Å². The first kappa shape index (κ1) is 15.3. The van der Waals surface area contributed by atoms with Gasteiger partial charge in [-0.25, -0.2) is 4.98 Å².